The Balaban J connectivity index is 2.55. The van der Waals surface area contributed by atoms with Crippen LogP contribution in [0.1, 0.15) is 11.3 Å². The van der Waals surface area contributed by atoms with Gasteiger partial charge in [-0.3, -0.25) is 0 Å². The maximum atomic E-state index is 12.3. The lowest BCUT2D eigenvalue weighted by atomic mass is 10.1. The lowest BCUT2D eigenvalue weighted by Gasteiger charge is -2.04. The first-order valence-electron chi connectivity index (χ1n) is 4.16. The van der Waals surface area contributed by atoms with Crippen LogP contribution in [0.25, 0.3) is 11.0 Å². The minimum absolute atomic E-state index is 0.149. The van der Waals surface area contributed by atoms with E-state index in [0.29, 0.717) is 16.7 Å². The quantitative estimate of drug-likeness (QED) is 0.675. The van der Waals surface area contributed by atoms with Crippen LogP contribution in [0, 0.1) is 0 Å². The number of hydrogen-bond acceptors (Lipinski definition) is 1. The third-order valence-electron chi connectivity index (χ3n) is 2.03. The molecule has 0 saturated carbocycles. The molecule has 0 amide bonds. The molecule has 2 rings (SSSR count). The van der Waals surface area contributed by atoms with Crippen molar-refractivity contribution in [3.8, 4) is 0 Å². The zero-order valence-corrected chi connectivity index (χ0v) is 8.19. The zero-order valence-electron chi connectivity index (χ0n) is 7.44. The SMILES string of the molecule is FC(F)(F)c1ccc2oc(CCl)cc2c1. The minimum Gasteiger partial charge on any atom is -0.460 e. The molecule has 15 heavy (non-hydrogen) atoms. The van der Waals surface area contributed by atoms with Crippen molar-refractivity contribution >= 4 is 22.6 Å². The number of hydrogen-bond donors (Lipinski definition) is 0. The molecular weight excluding hydrogens is 229 g/mol. The minimum atomic E-state index is -4.33. The second-order valence-electron chi connectivity index (χ2n) is 3.10. The van der Waals surface area contributed by atoms with Crippen molar-refractivity contribution in [3.05, 3.63) is 35.6 Å². The molecule has 1 aromatic heterocycles. The second-order valence-corrected chi connectivity index (χ2v) is 3.36. The van der Waals surface area contributed by atoms with Crippen molar-refractivity contribution in [1.29, 1.82) is 0 Å². The number of rotatable bonds is 1. The van der Waals surface area contributed by atoms with Gasteiger partial charge in [0.05, 0.1) is 11.4 Å². The predicted octanol–water partition coefficient (Wildman–Crippen LogP) is 4.19. The molecule has 1 aromatic carbocycles. The maximum absolute atomic E-state index is 12.3. The van der Waals surface area contributed by atoms with Gasteiger partial charge in [-0.1, -0.05) is 0 Å². The van der Waals surface area contributed by atoms with E-state index in [9.17, 15) is 13.2 Å². The van der Waals surface area contributed by atoms with E-state index >= 15 is 0 Å². The highest BCUT2D eigenvalue weighted by atomic mass is 35.5. The normalized spacial score (nSPS) is 12.3. The van der Waals surface area contributed by atoms with Crippen LogP contribution in [0.3, 0.4) is 0 Å². The summed E-state index contributed by atoms with van der Waals surface area (Å²) in [6.07, 6.45) is -4.33. The van der Waals surface area contributed by atoms with E-state index in [4.69, 9.17) is 16.0 Å². The van der Waals surface area contributed by atoms with E-state index in [-0.39, 0.29) is 5.88 Å². The largest absolute Gasteiger partial charge is 0.460 e. The van der Waals surface area contributed by atoms with E-state index in [1.54, 1.807) is 0 Å². The molecule has 2 aromatic rings. The summed E-state index contributed by atoms with van der Waals surface area (Å²) in [6, 6.07) is 4.85. The van der Waals surface area contributed by atoms with Crippen LogP contribution in [0.5, 0.6) is 0 Å². The van der Waals surface area contributed by atoms with Gasteiger partial charge in [-0.2, -0.15) is 13.2 Å². The van der Waals surface area contributed by atoms with Crippen molar-refractivity contribution < 1.29 is 17.6 Å². The van der Waals surface area contributed by atoms with Gasteiger partial charge in [0.2, 0.25) is 0 Å². The van der Waals surface area contributed by atoms with Crippen molar-refractivity contribution in [2.75, 3.05) is 0 Å². The molecule has 0 aliphatic heterocycles. The molecule has 5 heteroatoms. The third-order valence-corrected chi connectivity index (χ3v) is 2.29. The first kappa shape index (κ1) is 10.4. The maximum Gasteiger partial charge on any atom is 0.416 e. The van der Waals surface area contributed by atoms with E-state index in [1.165, 1.54) is 12.1 Å². The molecule has 0 saturated heterocycles. The Morgan fingerprint density at radius 3 is 2.53 bits per heavy atom. The van der Waals surface area contributed by atoms with E-state index < -0.39 is 11.7 Å². The van der Waals surface area contributed by atoms with E-state index in [1.807, 2.05) is 0 Å². The fourth-order valence-corrected chi connectivity index (χ4v) is 1.47. The number of fused-ring (bicyclic) bond motifs is 1. The Morgan fingerprint density at radius 2 is 1.93 bits per heavy atom. The Kier molecular flexibility index (Phi) is 2.38. The molecule has 1 heterocycles. The predicted molar refractivity (Wildman–Crippen MR) is 50.8 cm³/mol. The van der Waals surface area contributed by atoms with Crippen molar-refractivity contribution in [2.45, 2.75) is 12.1 Å². The van der Waals surface area contributed by atoms with Crippen LogP contribution in [0.4, 0.5) is 13.2 Å². The third kappa shape index (κ3) is 1.95. The van der Waals surface area contributed by atoms with Crippen LogP contribution in [-0.2, 0) is 12.1 Å². The highest BCUT2D eigenvalue weighted by Crippen LogP contribution is 2.32. The molecule has 80 valence electrons. The molecule has 0 aliphatic carbocycles. The van der Waals surface area contributed by atoms with Crippen molar-refractivity contribution in [1.82, 2.24) is 0 Å². The number of furan rings is 1. The molecule has 0 fully saturated rings. The van der Waals surface area contributed by atoms with Crippen molar-refractivity contribution in [3.63, 3.8) is 0 Å². The summed E-state index contributed by atoms with van der Waals surface area (Å²) in [5, 5.41) is 0.417. The lowest BCUT2D eigenvalue weighted by Crippen LogP contribution is -2.03. The van der Waals surface area contributed by atoms with Gasteiger partial charge >= 0.3 is 6.18 Å². The highest BCUT2D eigenvalue weighted by molar-refractivity contribution is 6.17. The van der Waals surface area contributed by atoms with Gasteiger partial charge < -0.3 is 4.42 Å². The van der Waals surface area contributed by atoms with Gasteiger partial charge in [-0.15, -0.1) is 11.6 Å². The van der Waals surface area contributed by atoms with Crippen LogP contribution in [-0.4, -0.2) is 0 Å². The number of alkyl halides is 4. The number of halogens is 4. The summed E-state index contributed by atoms with van der Waals surface area (Å²) < 4.78 is 42.2. The number of benzene rings is 1. The van der Waals surface area contributed by atoms with Gasteiger partial charge in [0.25, 0.3) is 0 Å². The fourth-order valence-electron chi connectivity index (χ4n) is 1.34. The Hall–Kier alpha value is -1.16. The molecule has 0 N–H and O–H groups in total. The molecule has 0 atom stereocenters. The summed E-state index contributed by atoms with van der Waals surface area (Å²) >= 11 is 5.51. The van der Waals surface area contributed by atoms with Crippen LogP contribution >= 0.6 is 11.6 Å². The standard InChI is InChI=1S/C10H6ClF3O/c11-5-8-4-6-3-7(10(12,13)14)1-2-9(6)15-8/h1-4H,5H2. The second kappa shape index (κ2) is 3.45. The molecule has 0 bridgehead atoms. The zero-order chi connectivity index (χ0) is 11.1. The average molecular weight is 235 g/mol. The van der Waals surface area contributed by atoms with Gasteiger partial charge in [0, 0.05) is 5.39 Å². The summed E-state index contributed by atoms with van der Waals surface area (Å²) in [4.78, 5) is 0. The molecule has 0 spiro atoms. The topological polar surface area (TPSA) is 13.1 Å². The van der Waals surface area contributed by atoms with E-state index in [0.717, 1.165) is 12.1 Å². The van der Waals surface area contributed by atoms with Crippen molar-refractivity contribution in [2.24, 2.45) is 0 Å². The van der Waals surface area contributed by atoms with E-state index in [2.05, 4.69) is 0 Å². The summed E-state index contributed by atoms with van der Waals surface area (Å²) in [7, 11) is 0. The average Bonchev–Trinajstić information content (AvgIpc) is 2.57. The van der Waals surface area contributed by atoms with Crippen LogP contribution < -0.4 is 0 Å². The molecule has 0 radical (unpaired) electrons. The Labute approximate surface area is 88.4 Å². The van der Waals surface area contributed by atoms with Crippen LogP contribution in [0.15, 0.2) is 28.7 Å². The molecule has 0 unspecified atom stereocenters. The van der Waals surface area contributed by atoms with Gasteiger partial charge in [-0.05, 0) is 24.3 Å². The van der Waals surface area contributed by atoms with Gasteiger partial charge in [0.15, 0.2) is 0 Å². The first-order chi connectivity index (χ1) is 7.00. The van der Waals surface area contributed by atoms with Gasteiger partial charge in [-0.25, -0.2) is 0 Å². The Bertz CT molecular complexity index is 487. The summed E-state index contributed by atoms with van der Waals surface area (Å²) in [6.45, 7) is 0. The highest BCUT2D eigenvalue weighted by Gasteiger charge is 2.30. The monoisotopic (exact) mass is 234 g/mol. The van der Waals surface area contributed by atoms with Crippen LogP contribution in [0.2, 0.25) is 0 Å². The molecular formula is C10H6ClF3O. The first-order valence-corrected chi connectivity index (χ1v) is 4.70. The fraction of sp³-hybridized carbons (Fsp3) is 0.200. The van der Waals surface area contributed by atoms with Gasteiger partial charge in [0.1, 0.15) is 11.3 Å². The summed E-state index contributed by atoms with van der Waals surface area (Å²) in [5.41, 5.74) is -0.268. The Morgan fingerprint density at radius 1 is 1.20 bits per heavy atom. The molecule has 1 nitrogen and oxygen atoms in total. The smallest absolute Gasteiger partial charge is 0.416 e. The summed E-state index contributed by atoms with van der Waals surface area (Å²) in [5.74, 6) is 0.613. The lowest BCUT2D eigenvalue weighted by molar-refractivity contribution is -0.137. The molecule has 0 aliphatic rings.